The van der Waals surface area contributed by atoms with Gasteiger partial charge in [-0.25, -0.2) is 0 Å². The van der Waals surface area contributed by atoms with E-state index in [0.717, 1.165) is 38.6 Å². The van der Waals surface area contributed by atoms with Crippen molar-refractivity contribution >= 4 is 28.9 Å². The molecular weight excluding hydrogens is 284 g/mol. The number of Topliss-reactive ketones (excluding diaryl/α,β-unsaturated/α-hetero) is 1. The molecule has 3 aliphatic heterocycles. The molecule has 1 aromatic carbocycles. The Morgan fingerprint density at radius 1 is 1.43 bits per heavy atom. The van der Waals surface area contributed by atoms with E-state index in [2.05, 4.69) is 28.4 Å². The fraction of sp³-hybridized carbons (Fsp3) is 0.562. The number of carbonyl (C=O) groups excluding carboxylic acids is 1. The minimum absolute atomic E-state index is 0.0371. The average molecular weight is 304 g/mol. The van der Waals surface area contributed by atoms with Crippen molar-refractivity contribution in [2.24, 2.45) is 0 Å². The van der Waals surface area contributed by atoms with Crippen LogP contribution in [0.25, 0.3) is 0 Å². The van der Waals surface area contributed by atoms with Crippen LogP contribution in [0.4, 0.5) is 11.4 Å². The van der Waals surface area contributed by atoms with Crippen molar-refractivity contribution in [1.82, 2.24) is 0 Å². The molecule has 0 aliphatic carbocycles. The number of hydrogen-bond donors (Lipinski definition) is 1. The summed E-state index contributed by atoms with van der Waals surface area (Å²) in [6.45, 7) is 6.13. The molecule has 0 radical (unpaired) electrons. The van der Waals surface area contributed by atoms with Gasteiger partial charge >= 0.3 is 0 Å². The van der Waals surface area contributed by atoms with Crippen molar-refractivity contribution in [3.63, 3.8) is 0 Å². The van der Waals surface area contributed by atoms with Gasteiger partial charge in [-0.1, -0.05) is 6.07 Å². The molecule has 2 atom stereocenters. The Kier molecular flexibility index (Phi) is 3.15. The van der Waals surface area contributed by atoms with Crippen molar-refractivity contribution in [2.45, 2.75) is 17.6 Å². The topological polar surface area (TPSA) is 41.6 Å². The minimum Gasteiger partial charge on any atom is -0.384 e. The number of rotatable bonds is 2. The normalized spacial score (nSPS) is 30.7. The lowest BCUT2D eigenvalue weighted by Gasteiger charge is -2.45. The number of benzene rings is 1. The van der Waals surface area contributed by atoms with Gasteiger partial charge < -0.3 is 15.0 Å². The Morgan fingerprint density at radius 3 is 2.90 bits per heavy atom. The summed E-state index contributed by atoms with van der Waals surface area (Å²) in [4.78, 5) is 14.2. The lowest BCUT2D eigenvalue weighted by molar-refractivity contribution is -0.117. The van der Waals surface area contributed by atoms with E-state index in [1.54, 1.807) is 18.7 Å². The van der Waals surface area contributed by atoms with E-state index in [1.807, 2.05) is 0 Å². The van der Waals surface area contributed by atoms with Gasteiger partial charge in [-0.3, -0.25) is 4.79 Å². The second-order valence-corrected chi connectivity index (χ2v) is 7.23. The molecule has 1 N–H and O–H groups in total. The highest BCUT2D eigenvalue weighted by atomic mass is 32.2. The largest absolute Gasteiger partial charge is 0.384 e. The predicted octanol–water partition coefficient (Wildman–Crippen LogP) is 1.89. The third-order valence-corrected chi connectivity index (χ3v) is 6.69. The molecule has 0 amide bonds. The van der Waals surface area contributed by atoms with Crippen LogP contribution in [0, 0.1) is 0 Å². The molecule has 112 valence electrons. The molecule has 5 heteroatoms. The quantitative estimate of drug-likeness (QED) is 0.904. The maximum absolute atomic E-state index is 11.8. The minimum atomic E-state index is 0.0371. The molecule has 4 rings (SSSR count). The summed E-state index contributed by atoms with van der Waals surface area (Å²) >= 11 is 1.79. The molecule has 0 aromatic heterocycles. The van der Waals surface area contributed by atoms with Gasteiger partial charge in [0.15, 0.2) is 0 Å². The summed E-state index contributed by atoms with van der Waals surface area (Å²) in [7, 11) is 0. The van der Waals surface area contributed by atoms with Gasteiger partial charge in [-0.15, -0.1) is 11.8 Å². The van der Waals surface area contributed by atoms with E-state index >= 15 is 0 Å². The standard InChI is InChI=1S/C16H20N2O2S/c1-11(19)15-16(10-21-15)9-17-14-8-12(2-3-13(14)16)18-4-6-20-7-5-18/h2-3,8,15,17H,4-7,9-10H2,1H3. The predicted molar refractivity (Wildman–Crippen MR) is 86.6 cm³/mol. The van der Waals surface area contributed by atoms with Crippen molar-refractivity contribution in [1.29, 1.82) is 0 Å². The van der Waals surface area contributed by atoms with Crippen molar-refractivity contribution in [2.75, 3.05) is 48.8 Å². The number of hydrogen-bond acceptors (Lipinski definition) is 5. The first-order valence-electron chi connectivity index (χ1n) is 7.54. The van der Waals surface area contributed by atoms with Crippen LogP contribution >= 0.6 is 11.8 Å². The van der Waals surface area contributed by atoms with E-state index in [9.17, 15) is 4.79 Å². The molecule has 1 spiro atoms. The van der Waals surface area contributed by atoms with Crippen LogP contribution < -0.4 is 10.2 Å². The van der Waals surface area contributed by atoms with Gasteiger partial charge in [0.1, 0.15) is 5.78 Å². The Balaban J connectivity index is 1.64. The van der Waals surface area contributed by atoms with Gasteiger partial charge in [0.2, 0.25) is 0 Å². The second-order valence-electron chi connectivity index (χ2n) is 6.14. The monoisotopic (exact) mass is 304 g/mol. The first kappa shape index (κ1) is 13.5. The number of ether oxygens (including phenoxy) is 1. The fourth-order valence-electron chi connectivity index (χ4n) is 3.72. The molecule has 2 fully saturated rings. The zero-order valence-electron chi connectivity index (χ0n) is 12.2. The third kappa shape index (κ3) is 1.98. The van der Waals surface area contributed by atoms with Crippen LogP contribution in [-0.4, -0.2) is 49.6 Å². The Morgan fingerprint density at radius 2 is 2.24 bits per heavy atom. The number of morpholine rings is 1. The number of ketones is 1. The van der Waals surface area contributed by atoms with Crippen LogP contribution in [0.1, 0.15) is 12.5 Å². The van der Waals surface area contributed by atoms with Gasteiger partial charge in [-0.2, -0.15) is 0 Å². The van der Waals surface area contributed by atoms with Crippen molar-refractivity contribution in [3.05, 3.63) is 23.8 Å². The van der Waals surface area contributed by atoms with Crippen LogP contribution in [0.5, 0.6) is 0 Å². The molecule has 21 heavy (non-hydrogen) atoms. The Hall–Kier alpha value is -1.20. The Labute approximate surface area is 129 Å². The summed E-state index contributed by atoms with van der Waals surface area (Å²) in [5, 5.41) is 3.66. The molecule has 3 aliphatic rings. The smallest absolute Gasteiger partial charge is 0.143 e. The van der Waals surface area contributed by atoms with Crippen LogP contribution in [0.2, 0.25) is 0 Å². The summed E-state index contributed by atoms with van der Waals surface area (Å²) in [6.07, 6.45) is 0. The van der Waals surface area contributed by atoms with Crippen molar-refractivity contribution in [3.8, 4) is 0 Å². The van der Waals surface area contributed by atoms with E-state index in [4.69, 9.17) is 4.74 Å². The first-order valence-corrected chi connectivity index (χ1v) is 8.59. The second kappa shape index (κ2) is 4.92. The number of nitrogens with one attached hydrogen (secondary N) is 1. The maximum Gasteiger partial charge on any atom is 0.143 e. The molecule has 0 bridgehead atoms. The number of anilines is 2. The zero-order valence-corrected chi connectivity index (χ0v) is 13.0. The highest BCUT2D eigenvalue weighted by molar-refractivity contribution is 8.02. The highest BCUT2D eigenvalue weighted by Gasteiger charge is 2.54. The lowest BCUT2D eigenvalue weighted by atomic mass is 9.78. The van der Waals surface area contributed by atoms with E-state index < -0.39 is 0 Å². The number of carbonyl (C=O) groups is 1. The highest BCUT2D eigenvalue weighted by Crippen LogP contribution is 2.53. The van der Waals surface area contributed by atoms with Crippen LogP contribution in [0.15, 0.2) is 18.2 Å². The summed E-state index contributed by atoms with van der Waals surface area (Å²) < 4.78 is 5.42. The molecule has 4 nitrogen and oxygen atoms in total. The van der Waals surface area contributed by atoms with E-state index in [0.29, 0.717) is 5.78 Å². The summed E-state index contributed by atoms with van der Waals surface area (Å²) in [6, 6.07) is 6.68. The van der Waals surface area contributed by atoms with E-state index in [1.165, 1.54) is 16.9 Å². The van der Waals surface area contributed by atoms with Crippen LogP contribution in [-0.2, 0) is 14.9 Å². The van der Waals surface area contributed by atoms with Gasteiger partial charge in [0.05, 0.1) is 18.5 Å². The lowest BCUT2D eigenvalue weighted by Crippen LogP contribution is -2.53. The van der Waals surface area contributed by atoms with E-state index in [-0.39, 0.29) is 10.7 Å². The average Bonchev–Trinajstić information content (AvgIpc) is 2.87. The molecule has 3 heterocycles. The van der Waals surface area contributed by atoms with Gasteiger partial charge in [0, 0.05) is 42.2 Å². The molecule has 0 saturated carbocycles. The van der Waals surface area contributed by atoms with Crippen molar-refractivity contribution < 1.29 is 9.53 Å². The number of thioether (sulfide) groups is 1. The van der Waals surface area contributed by atoms with Crippen LogP contribution in [0.3, 0.4) is 0 Å². The summed E-state index contributed by atoms with van der Waals surface area (Å²) in [5.74, 6) is 1.35. The summed E-state index contributed by atoms with van der Waals surface area (Å²) in [5.41, 5.74) is 3.84. The molecular formula is C16H20N2O2S. The first-order chi connectivity index (χ1) is 10.2. The SMILES string of the molecule is CC(=O)C1SCC12CNc1cc(N3CCOCC3)ccc12. The molecule has 1 aromatic rings. The Bertz CT molecular complexity index is 586. The zero-order chi connectivity index (χ0) is 14.4. The number of fused-ring (bicyclic) bond motifs is 2. The maximum atomic E-state index is 11.8. The number of nitrogens with zero attached hydrogens (tertiary/aromatic N) is 1. The molecule has 2 saturated heterocycles. The molecule has 2 unspecified atom stereocenters. The third-order valence-electron chi connectivity index (χ3n) is 4.89. The van der Waals surface area contributed by atoms with Gasteiger partial charge in [-0.05, 0) is 24.6 Å². The fourth-order valence-corrected chi connectivity index (χ4v) is 5.15. The van der Waals surface area contributed by atoms with Gasteiger partial charge in [0.25, 0.3) is 0 Å².